The highest BCUT2D eigenvalue weighted by molar-refractivity contribution is 7.89. The molecule has 0 unspecified atom stereocenters. The van der Waals surface area contributed by atoms with E-state index in [1.807, 2.05) is 0 Å². The van der Waals surface area contributed by atoms with Crippen molar-refractivity contribution in [2.45, 2.75) is 11.8 Å². The van der Waals surface area contributed by atoms with E-state index in [0.717, 1.165) is 6.07 Å². The SMILES string of the molecule is Cc1ccc(S(=O)(=O)N2CCN(C(=O)c3ccncc3)CC2)cc1[N+](=O)[O-]. The van der Waals surface area contributed by atoms with Gasteiger partial charge < -0.3 is 4.90 Å². The summed E-state index contributed by atoms with van der Waals surface area (Å²) in [6.45, 7) is 2.29. The Hall–Kier alpha value is -2.85. The Labute approximate surface area is 156 Å². The number of piperazine rings is 1. The van der Waals surface area contributed by atoms with E-state index in [2.05, 4.69) is 4.98 Å². The van der Waals surface area contributed by atoms with E-state index in [-0.39, 0.29) is 42.7 Å². The largest absolute Gasteiger partial charge is 0.336 e. The number of nitrogens with zero attached hydrogens (tertiary/aromatic N) is 4. The summed E-state index contributed by atoms with van der Waals surface area (Å²) in [7, 11) is -3.87. The molecule has 0 aliphatic carbocycles. The van der Waals surface area contributed by atoms with Gasteiger partial charge in [0.1, 0.15) is 0 Å². The highest BCUT2D eigenvalue weighted by Crippen LogP contribution is 2.25. The van der Waals surface area contributed by atoms with Crippen molar-refractivity contribution in [1.82, 2.24) is 14.2 Å². The molecule has 1 aromatic heterocycles. The van der Waals surface area contributed by atoms with Gasteiger partial charge in [-0.25, -0.2) is 8.42 Å². The van der Waals surface area contributed by atoms with Crippen molar-refractivity contribution in [2.75, 3.05) is 26.2 Å². The van der Waals surface area contributed by atoms with Crippen LogP contribution in [-0.4, -0.2) is 59.6 Å². The van der Waals surface area contributed by atoms with E-state index in [9.17, 15) is 23.3 Å². The standard InChI is InChI=1S/C17H18N4O5S/c1-13-2-3-15(12-16(13)21(23)24)27(25,26)20-10-8-19(9-11-20)17(22)14-4-6-18-7-5-14/h2-7,12H,8-11H2,1H3. The molecule has 1 fully saturated rings. The molecule has 27 heavy (non-hydrogen) atoms. The number of aryl methyl sites for hydroxylation is 1. The van der Waals surface area contributed by atoms with Gasteiger partial charge in [0, 0.05) is 55.8 Å². The molecule has 9 nitrogen and oxygen atoms in total. The van der Waals surface area contributed by atoms with Crippen LogP contribution in [0, 0.1) is 17.0 Å². The molecule has 1 amide bonds. The van der Waals surface area contributed by atoms with Crippen LogP contribution in [0.4, 0.5) is 5.69 Å². The summed E-state index contributed by atoms with van der Waals surface area (Å²) in [4.78, 5) is 28.3. The monoisotopic (exact) mass is 390 g/mol. The average molecular weight is 390 g/mol. The van der Waals surface area contributed by atoms with E-state index >= 15 is 0 Å². The number of carbonyl (C=O) groups excluding carboxylic acids is 1. The minimum absolute atomic E-state index is 0.117. The molecule has 0 radical (unpaired) electrons. The molecule has 0 N–H and O–H groups in total. The molecule has 0 saturated carbocycles. The Morgan fingerprint density at radius 2 is 1.74 bits per heavy atom. The summed E-state index contributed by atoms with van der Waals surface area (Å²) in [5, 5.41) is 11.1. The van der Waals surface area contributed by atoms with Gasteiger partial charge in [-0.15, -0.1) is 0 Å². The lowest BCUT2D eigenvalue weighted by Crippen LogP contribution is -2.50. The zero-order chi connectivity index (χ0) is 19.6. The van der Waals surface area contributed by atoms with Crippen molar-refractivity contribution in [3.05, 3.63) is 64.0 Å². The van der Waals surface area contributed by atoms with Crippen molar-refractivity contribution in [3.8, 4) is 0 Å². The van der Waals surface area contributed by atoms with Crippen LogP contribution >= 0.6 is 0 Å². The number of rotatable bonds is 4. The topological polar surface area (TPSA) is 114 Å². The second-order valence-corrected chi connectivity index (χ2v) is 8.08. The molecule has 142 valence electrons. The van der Waals surface area contributed by atoms with Crippen molar-refractivity contribution >= 4 is 21.6 Å². The second-order valence-electron chi connectivity index (χ2n) is 6.14. The number of sulfonamides is 1. The quantitative estimate of drug-likeness (QED) is 0.577. The highest BCUT2D eigenvalue weighted by Gasteiger charge is 2.31. The van der Waals surface area contributed by atoms with Gasteiger partial charge in [0.25, 0.3) is 11.6 Å². The molecular weight excluding hydrogens is 372 g/mol. The van der Waals surface area contributed by atoms with Gasteiger partial charge in [-0.3, -0.25) is 19.9 Å². The van der Waals surface area contributed by atoms with E-state index in [1.54, 1.807) is 24.0 Å². The van der Waals surface area contributed by atoms with E-state index in [0.29, 0.717) is 11.1 Å². The second kappa shape index (κ2) is 7.41. The van der Waals surface area contributed by atoms with Crippen LogP contribution in [0.15, 0.2) is 47.6 Å². The maximum Gasteiger partial charge on any atom is 0.273 e. The Kier molecular flexibility index (Phi) is 5.19. The first-order chi connectivity index (χ1) is 12.8. The highest BCUT2D eigenvalue weighted by atomic mass is 32.2. The van der Waals surface area contributed by atoms with Crippen LogP contribution in [-0.2, 0) is 10.0 Å². The first-order valence-corrected chi connectivity index (χ1v) is 9.69. The molecule has 10 heteroatoms. The number of aromatic nitrogens is 1. The van der Waals surface area contributed by atoms with E-state index in [4.69, 9.17) is 0 Å². The summed E-state index contributed by atoms with van der Waals surface area (Å²) in [6, 6.07) is 7.09. The number of benzene rings is 1. The molecule has 3 rings (SSSR count). The van der Waals surface area contributed by atoms with Gasteiger partial charge in [0.05, 0.1) is 9.82 Å². The van der Waals surface area contributed by atoms with Gasteiger partial charge in [0.2, 0.25) is 10.0 Å². The van der Waals surface area contributed by atoms with Gasteiger partial charge in [0.15, 0.2) is 0 Å². The summed E-state index contributed by atoms with van der Waals surface area (Å²) < 4.78 is 26.9. The molecule has 1 saturated heterocycles. The Morgan fingerprint density at radius 1 is 1.11 bits per heavy atom. The van der Waals surface area contributed by atoms with Gasteiger partial charge in [-0.05, 0) is 25.1 Å². The van der Waals surface area contributed by atoms with Crippen LogP contribution in [0.1, 0.15) is 15.9 Å². The third-order valence-electron chi connectivity index (χ3n) is 4.47. The summed E-state index contributed by atoms with van der Waals surface area (Å²) in [6.07, 6.45) is 3.05. The van der Waals surface area contributed by atoms with Crippen LogP contribution in [0.2, 0.25) is 0 Å². The van der Waals surface area contributed by atoms with Gasteiger partial charge in [-0.2, -0.15) is 4.31 Å². The number of nitro benzene ring substituents is 1. The Bertz CT molecular complexity index is 970. The summed E-state index contributed by atoms with van der Waals surface area (Å²) in [5.41, 5.74) is 0.657. The van der Waals surface area contributed by atoms with Crippen molar-refractivity contribution < 1.29 is 18.1 Å². The number of amides is 1. The third-order valence-corrected chi connectivity index (χ3v) is 6.36. The minimum Gasteiger partial charge on any atom is -0.336 e. The van der Waals surface area contributed by atoms with Crippen LogP contribution < -0.4 is 0 Å². The van der Waals surface area contributed by atoms with E-state index in [1.165, 1.54) is 28.8 Å². The molecule has 0 bridgehead atoms. The lowest BCUT2D eigenvalue weighted by molar-refractivity contribution is -0.385. The maximum absolute atomic E-state index is 12.8. The minimum atomic E-state index is -3.87. The number of nitro groups is 1. The predicted octanol–water partition coefficient (Wildman–Crippen LogP) is 1.44. The Balaban J connectivity index is 1.74. The summed E-state index contributed by atoms with van der Waals surface area (Å²) >= 11 is 0. The van der Waals surface area contributed by atoms with Crippen molar-refractivity contribution in [3.63, 3.8) is 0 Å². The third kappa shape index (κ3) is 3.81. The fourth-order valence-electron chi connectivity index (χ4n) is 2.90. The van der Waals surface area contributed by atoms with Gasteiger partial charge in [-0.1, -0.05) is 6.07 Å². The molecule has 0 atom stereocenters. The van der Waals surface area contributed by atoms with E-state index < -0.39 is 14.9 Å². The first kappa shape index (κ1) is 18.9. The zero-order valence-corrected chi connectivity index (χ0v) is 15.4. The number of hydrogen-bond donors (Lipinski definition) is 0. The maximum atomic E-state index is 12.8. The predicted molar refractivity (Wildman–Crippen MR) is 96.7 cm³/mol. The van der Waals surface area contributed by atoms with Crippen LogP contribution in [0.3, 0.4) is 0 Å². The Morgan fingerprint density at radius 3 is 2.33 bits per heavy atom. The lowest BCUT2D eigenvalue weighted by atomic mass is 10.2. The number of carbonyl (C=O) groups is 1. The first-order valence-electron chi connectivity index (χ1n) is 8.25. The molecule has 1 aromatic carbocycles. The number of hydrogen-bond acceptors (Lipinski definition) is 6. The summed E-state index contributed by atoms with van der Waals surface area (Å²) in [5.74, 6) is -0.180. The molecule has 1 aliphatic heterocycles. The fraction of sp³-hybridized carbons (Fsp3) is 0.294. The molecule has 2 aromatic rings. The van der Waals surface area contributed by atoms with Crippen molar-refractivity contribution in [2.24, 2.45) is 0 Å². The fourth-order valence-corrected chi connectivity index (χ4v) is 4.35. The normalized spacial score (nSPS) is 15.5. The lowest BCUT2D eigenvalue weighted by Gasteiger charge is -2.34. The number of pyridine rings is 1. The smallest absolute Gasteiger partial charge is 0.273 e. The molecule has 2 heterocycles. The zero-order valence-electron chi connectivity index (χ0n) is 14.6. The van der Waals surface area contributed by atoms with Crippen LogP contribution in [0.25, 0.3) is 0 Å². The molecule has 1 aliphatic rings. The van der Waals surface area contributed by atoms with Crippen molar-refractivity contribution in [1.29, 1.82) is 0 Å². The molecular formula is C17H18N4O5S. The van der Waals surface area contributed by atoms with Crippen LogP contribution in [0.5, 0.6) is 0 Å². The van der Waals surface area contributed by atoms with Gasteiger partial charge >= 0.3 is 0 Å². The average Bonchev–Trinajstić information content (AvgIpc) is 2.68. The molecule has 0 spiro atoms.